The Hall–Kier alpha value is -0.700. The maximum absolute atomic E-state index is 11.8. The molecular formula is C16H34NO8P. The zero-order chi connectivity index (χ0) is 20.1. The van der Waals surface area contributed by atoms with Gasteiger partial charge >= 0.3 is 6.16 Å². The predicted molar refractivity (Wildman–Crippen MR) is 94.6 cm³/mol. The van der Waals surface area contributed by atoms with Gasteiger partial charge < -0.3 is 32.6 Å². The predicted octanol–water partition coefficient (Wildman–Crippen LogP) is 1.94. The largest absolute Gasteiger partial charge is 0.756 e. The summed E-state index contributed by atoms with van der Waals surface area (Å²) in [5, 5.41) is 0. The van der Waals surface area contributed by atoms with Gasteiger partial charge in [-0.1, -0.05) is 26.2 Å². The number of quaternary nitrogens is 1. The lowest BCUT2D eigenvalue weighted by Crippen LogP contribution is -2.37. The maximum Gasteiger partial charge on any atom is 0.508 e. The molecule has 0 aliphatic heterocycles. The van der Waals surface area contributed by atoms with Crippen molar-refractivity contribution in [2.75, 3.05) is 61.2 Å². The highest BCUT2D eigenvalue weighted by Gasteiger charge is 2.20. The maximum atomic E-state index is 11.8. The molecule has 0 heterocycles. The van der Waals surface area contributed by atoms with Crippen LogP contribution in [-0.4, -0.2) is 78.0 Å². The van der Waals surface area contributed by atoms with E-state index >= 15 is 0 Å². The number of hydrogen-bond donors (Lipinski definition) is 0. The molecule has 0 fully saturated rings. The minimum atomic E-state index is -4.49. The molecule has 0 rings (SSSR count). The van der Waals surface area contributed by atoms with Crippen molar-refractivity contribution < 1.29 is 42.0 Å². The van der Waals surface area contributed by atoms with E-state index in [0.29, 0.717) is 17.6 Å². The molecular weight excluding hydrogens is 365 g/mol. The van der Waals surface area contributed by atoms with Crippen molar-refractivity contribution in [1.29, 1.82) is 0 Å². The highest BCUT2D eigenvalue weighted by molar-refractivity contribution is 7.45. The lowest BCUT2D eigenvalue weighted by atomic mass is 10.2. The molecule has 2 atom stereocenters. The fraction of sp³-hybridized carbons (Fsp3) is 0.938. The molecule has 0 spiro atoms. The molecule has 0 aromatic rings. The number of carbonyl (C=O) groups excluding carboxylic acids is 1. The number of likely N-dealkylation sites (N-methyl/N-ethyl adjacent to an activating group) is 1. The van der Waals surface area contributed by atoms with Crippen LogP contribution in [0.15, 0.2) is 0 Å². The standard InChI is InChI=1S/C16H34NO8P/c1-6-7-8-9-11-22-13-15(25-16(18)21-5)14-24-26(19,20)23-12-10-17(2,3)4/h15H,6-14H2,1-5H3. The van der Waals surface area contributed by atoms with Gasteiger partial charge in [0.2, 0.25) is 0 Å². The monoisotopic (exact) mass is 399 g/mol. The Morgan fingerprint density at radius 1 is 1.08 bits per heavy atom. The van der Waals surface area contributed by atoms with E-state index in [2.05, 4.69) is 11.7 Å². The Morgan fingerprint density at radius 3 is 2.35 bits per heavy atom. The van der Waals surface area contributed by atoms with Gasteiger partial charge in [-0.3, -0.25) is 4.57 Å². The molecule has 0 aliphatic rings. The lowest BCUT2D eigenvalue weighted by molar-refractivity contribution is -0.870. The number of hydrogen-bond acceptors (Lipinski definition) is 8. The molecule has 0 aliphatic carbocycles. The van der Waals surface area contributed by atoms with E-state index in [4.69, 9.17) is 18.5 Å². The first-order valence-electron chi connectivity index (χ1n) is 8.82. The van der Waals surface area contributed by atoms with E-state index < -0.39 is 26.7 Å². The zero-order valence-corrected chi connectivity index (χ0v) is 17.5. The first kappa shape index (κ1) is 25.3. The van der Waals surface area contributed by atoms with Crippen molar-refractivity contribution in [3.8, 4) is 0 Å². The van der Waals surface area contributed by atoms with Crippen LogP contribution >= 0.6 is 7.82 Å². The molecule has 0 N–H and O–H groups in total. The Balaban J connectivity index is 4.29. The molecule has 0 amide bonds. The van der Waals surface area contributed by atoms with Gasteiger partial charge in [-0.15, -0.1) is 0 Å². The second kappa shape index (κ2) is 13.5. The van der Waals surface area contributed by atoms with Crippen LogP contribution in [-0.2, 0) is 27.8 Å². The van der Waals surface area contributed by atoms with Crippen molar-refractivity contribution >= 4 is 14.0 Å². The number of methoxy groups -OCH3 is 1. The second-order valence-electron chi connectivity index (χ2n) is 6.92. The third-order valence-corrected chi connectivity index (χ3v) is 4.27. The number of rotatable bonds is 15. The van der Waals surface area contributed by atoms with E-state index in [1.165, 1.54) is 0 Å². The Kier molecular flexibility index (Phi) is 13.1. The summed E-state index contributed by atoms with van der Waals surface area (Å²) in [4.78, 5) is 23.1. The van der Waals surface area contributed by atoms with E-state index in [-0.39, 0.29) is 13.2 Å². The SMILES string of the molecule is CCCCCCOCC(COP(=O)([O-])OCC[N+](C)(C)C)OC(=O)OC. The third kappa shape index (κ3) is 15.5. The topological polar surface area (TPSA) is 103 Å². The quantitative estimate of drug-likeness (QED) is 0.178. The number of ether oxygens (including phenoxy) is 3. The molecule has 156 valence electrons. The van der Waals surface area contributed by atoms with Gasteiger partial charge in [-0.2, -0.15) is 0 Å². The van der Waals surface area contributed by atoms with E-state index in [0.717, 1.165) is 32.8 Å². The molecule has 0 radical (unpaired) electrons. The van der Waals surface area contributed by atoms with Crippen LogP contribution in [0.25, 0.3) is 0 Å². The number of unbranched alkanes of at least 4 members (excludes halogenated alkanes) is 3. The normalized spacial score (nSPS) is 15.3. The van der Waals surface area contributed by atoms with E-state index in [1.807, 2.05) is 21.1 Å². The highest BCUT2D eigenvalue weighted by Crippen LogP contribution is 2.38. The lowest BCUT2D eigenvalue weighted by Gasteiger charge is -2.28. The molecule has 26 heavy (non-hydrogen) atoms. The van der Waals surface area contributed by atoms with Crippen LogP contribution in [0.4, 0.5) is 4.79 Å². The van der Waals surface area contributed by atoms with Crippen LogP contribution in [0.2, 0.25) is 0 Å². The minimum Gasteiger partial charge on any atom is -0.756 e. The fourth-order valence-corrected chi connectivity index (χ4v) is 2.51. The van der Waals surface area contributed by atoms with E-state index in [1.54, 1.807) is 0 Å². The molecule has 0 saturated heterocycles. The summed E-state index contributed by atoms with van der Waals surface area (Å²) in [5.41, 5.74) is 0. The molecule has 0 aromatic heterocycles. The Labute approximate surface area is 156 Å². The summed E-state index contributed by atoms with van der Waals surface area (Å²) in [6, 6.07) is 0. The summed E-state index contributed by atoms with van der Waals surface area (Å²) >= 11 is 0. The first-order chi connectivity index (χ1) is 12.1. The number of carbonyl (C=O) groups is 1. The molecule has 0 bridgehead atoms. The van der Waals surface area contributed by atoms with Crippen LogP contribution < -0.4 is 4.89 Å². The van der Waals surface area contributed by atoms with Gasteiger partial charge in [0.1, 0.15) is 13.2 Å². The zero-order valence-electron chi connectivity index (χ0n) is 16.6. The molecule has 2 unspecified atom stereocenters. The van der Waals surface area contributed by atoms with Crippen molar-refractivity contribution in [2.45, 2.75) is 38.7 Å². The smallest absolute Gasteiger partial charge is 0.508 e. The van der Waals surface area contributed by atoms with Gasteiger partial charge in [0.15, 0.2) is 6.10 Å². The summed E-state index contributed by atoms with van der Waals surface area (Å²) in [5.74, 6) is 0. The summed E-state index contributed by atoms with van der Waals surface area (Å²) in [6.45, 7) is 2.73. The number of nitrogens with zero attached hydrogens (tertiary/aromatic N) is 1. The van der Waals surface area contributed by atoms with Gasteiger partial charge in [-0.25, -0.2) is 4.79 Å². The van der Waals surface area contributed by atoms with Crippen molar-refractivity contribution in [1.82, 2.24) is 0 Å². The van der Waals surface area contributed by atoms with Gasteiger partial charge in [0.05, 0.1) is 41.5 Å². The molecule has 0 saturated carbocycles. The van der Waals surface area contributed by atoms with Gasteiger partial charge in [0, 0.05) is 6.61 Å². The van der Waals surface area contributed by atoms with Crippen LogP contribution in [0.3, 0.4) is 0 Å². The Morgan fingerprint density at radius 2 is 1.77 bits per heavy atom. The van der Waals surface area contributed by atoms with E-state index in [9.17, 15) is 14.3 Å². The molecule has 10 heteroatoms. The third-order valence-electron chi connectivity index (χ3n) is 3.31. The van der Waals surface area contributed by atoms with Crippen molar-refractivity contribution in [3.63, 3.8) is 0 Å². The average molecular weight is 399 g/mol. The first-order valence-corrected chi connectivity index (χ1v) is 10.3. The summed E-state index contributed by atoms with van der Waals surface area (Å²) < 4.78 is 36.8. The van der Waals surface area contributed by atoms with Crippen LogP contribution in [0.1, 0.15) is 32.6 Å². The summed E-state index contributed by atoms with van der Waals surface area (Å²) in [7, 11) is 2.42. The van der Waals surface area contributed by atoms with Crippen LogP contribution in [0.5, 0.6) is 0 Å². The molecule has 0 aromatic carbocycles. The average Bonchev–Trinajstić information content (AvgIpc) is 2.53. The van der Waals surface area contributed by atoms with Gasteiger partial charge in [-0.05, 0) is 6.42 Å². The van der Waals surface area contributed by atoms with Gasteiger partial charge in [0.25, 0.3) is 7.82 Å². The number of phosphoric acid groups is 1. The Bertz CT molecular complexity index is 427. The summed E-state index contributed by atoms with van der Waals surface area (Å²) in [6.07, 6.45) is 2.34. The second-order valence-corrected chi connectivity index (χ2v) is 8.33. The minimum absolute atomic E-state index is 0.000726. The fourth-order valence-electron chi connectivity index (χ4n) is 1.78. The number of phosphoric ester groups is 1. The molecule has 9 nitrogen and oxygen atoms in total. The van der Waals surface area contributed by atoms with Crippen molar-refractivity contribution in [2.24, 2.45) is 0 Å². The van der Waals surface area contributed by atoms with Crippen molar-refractivity contribution in [3.05, 3.63) is 0 Å². The van der Waals surface area contributed by atoms with Crippen LogP contribution in [0, 0.1) is 0 Å². The highest BCUT2D eigenvalue weighted by atomic mass is 31.2.